The van der Waals surface area contributed by atoms with Gasteiger partial charge in [-0.05, 0) is 37.3 Å². The van der Waals surface area contributed by atoms with E-state index >= 15 is 0 Å². The van der Waals surface area contributed by atoms with Crippen LogP contribution >= 0.6 is 11.6 Å². The van der Waals surface area contributed by atoms with Crippen LogP contribution in [0.1, 0.15) is 12.7 Å². The highest BCUT2D eigenvalue weighted by atomic mass is 35.5. The molecule has 6 nitrogen and oxygen atoms in total. The van der Waals surface area contributed by atoms with Gasteiger partial charge in [0.15, 0.2) is 0 Å². The topological polar surface area (TPSA) is 75.6 Å². The largest absolute Gasteiger partial charge is 0.341 e. The Morgan fingerprint density at radius 1 is 1.23 bits per heavy atom. The molecule has 0 bridgehead atoms. The summed E-state index contributed by atoms with van der Waals surface area (Å²) in [6.07, 6.45) is 1.60. The minimum atomic E-state index is -0.0253. The Bertz CT molecular complexity index is 1130. The summed E-state index contributed by atoms with van der Waals surface area (Å²) >= 11 is 6.00. The summed E-state index contributed by atoms with van der Waals surface area (Å²) in [5.41, 5.74) is 2.49. The van der Waals surface area contributed by atoms with Gasteiger partial charge in [0.2, 0.25) is 0 Å². The molecule has 132 valence electrons. The molecule has 0 saturated heterocycles. The lowest BCUT2D eigenvalue weighted by atomic mass is 10.2. The third-order valence-electron chi connectivity index (χ3n) is 4.31. The maximum absolute atomic E-state index is 12.6. The molecule has 4 aromatic rings. The zero-order valence-corrected chi connectivity index (χ0v) is 15.0. The van der Waals surface area contributed by atoms with Crippen LogP contribution in [-0.4, -0.2) is 25.6 Å². The highest BCUT2D eigenvalue weighted by Crippen LogP contribution is 2.17. The third-order valence-corrected chi connectivity index (χ3v) is 4.55. The summed E-state index contributed by atoms with van der Waals surface area (Å²) in [6, 6.07) is 13.0. The number of hydrogen-bond acceptors (Lipinski definition) is 4. The highest BCUT2D eigenvalue weighted by Gasteiger charge is 2.09. The van der Waals surface area contributed by atoms with Crippen molar-refractivity contribution in [1.29, 1.82) is 0 Å². The number of hydrogen-bond donors (Lipinski definition) is 2. The second-order valence-corrected chi connectivity index (χ2v) is 6.78. The van der Waals surface area contributed by atoms with Crippen LogP contribution in [0.5, 0.6) is 0 Å². The first kappa shape index (κ1) is 16.8. The molecule has 7 heteroatoms. The fourth-order valence-corrected chi connectivity index (χ4v) is 3.16. The molecule has 0 spiro atoms. The van der Waals surface area contributed by atoms with Crippen molar-refractivity contribution >= 4 is 33.5 Å². The molecule has 0 aliphatic carbocycles. The zero-order chi connectivity index (χ0) is 18.1. The molecule has 0 amide bonds. The third kappa shape index (κ3) is 3.34. The minimum Gasteiger partial charge on any atom is -0.341 e. The van der Waals surface area contributed by atoms with E-state index in [1.165, 1.54) is 0 Å². The molecular weight excluding hydrogens is 350 g/mol. The smallest absolute Gasteiger partial charge is 0.261 e. The van der Waals surface area contributed by atoms with E-state index in [2.05, 4.69) is 20.3 Å². The Morgan fingerprint density at radius 2 is 2.08 bits per heavy atom. The fourth-order valence-electron chi connectivity index (χ4n) is 2.99. The lowest BCUT2D eigenvalue weighted by Gasteiger charge is -2.14. The van der Waals surface area contributed by atoms with E-state index in [4.69, 9.17) is 11.6 Å². The summed E-state index contributed by atoms with van der Waals surface area (Å²) in [7, 11) is 0. The van der Waals surface area contributed by atoms with Crippen LogP contribution < -0.4 is 10.9 Å². The van der Waals surface area contributed by atoms with E-state index in [1.807, 2.05) is 43.3 Å². The Hall–Kier alpha value is -2.70. The second kappa shape index (κ2) is 6.90. The van der Waals surface area contributed by atoms with Gasteiger partial charge in [-0.25, -0.2) is 9.97 Å². The van der Waals surface area contributed by atoms with E-state index in [0.717, 1.165) is 22.4 Å². The average Bonchev–Trinajstić information content (AvgIpc) is 3.04. The fraction of sp³-hybridized carbons (Fsp3) is 0.211. The van der Waals surface area contributed by atoms with Gasteiger partial charge in [-0.2, -0.15) is 0 Å². The van der Waals surface area contributed by atoms with Gasteiger partial charge in [-0.1, -0.05) is 23.7 Å². The number of aromatic amines is 1. The summed E-state index contributed by atoms with van der Waals surface area (Å²) in [6.45, 7) is 3.13. The Balaban J connectivity index is 1.46. The van der Waals surface area contributed by atoms with Crippen molar-refractivity contribution in [2.45, 2.75) is 26.1 Å². The molecule has 26 heavy (non-hydrogen) atoms. The Morgan fingerprint density at radius 3 is 2.96 bits per heavy atom. The lowest BCUT2D eigenvalue weighted by molar-refractivity contribution is 0.462. The lowest BCUT2D eigenvalue weighted by Crippen LogP contribution is -2.34. The maximum Gasteiger partial charge on any atom is 0.261 e. The molecule has 4 rings (SSSR count). The van der Waals surface area contributed by atoms with Crippen LogP contribution in [0.3, 0.4) is 0 Å². The van der Waals surface area contributed by atoms with Crippen LogP contribution in [0.25, 0.3) is 21.9 Å². The number of nitrogens with zero attached hydrogens (tertiary/aromatic N) is 3. The van der Waals surface area contributed by atoms with Gasteiger partial charge >= 0.3 is 0 Å². The van der Waals surface area contributed by atoms with Crippen LogP contribution in [-0.2, 0) is 13.1 Å². The normalized spacial score (nSPS) is 12.7. The first-order chi connectivity index (χ1) is 12.6. The molecule has 0 aliphatic heterocycles. The molecule has 0 saturated carbocycles. The van der Waals surface area contributed by atoms with Crippen molar-refractivity contribution in [3.63, 3.8) is 0 Å². The number of benzene rings is 2. The quantitative estimate of drug-likeness (QED) is 0.568. The van der Waals surface area contributed by atoms with E-state index in [-0.39, 0.29) is 11.6 Å². The molecule has 1 atom stereocenters. The maximum atomic E-state index is 12.6. The number of para-hydroxylation sites is 1. The molecular formula is C19H18ClN5O. The van der Waals surface area contributed by atoms with Gasteiger partial charge in [0.25, 0.3) is 5.56 Å². The molecule has 2 heterocycles. The standard InChI is InChI=1S/C19H18ClN5O/c1-12(10-25-11-22-15-5-3-2-4-14(15)19(25)26)21-9-18-23-16-7-6-13(20)8-17(16)24-18/h2-8,11-12,21H,9-10H2,1H3,(H,23,24). The van der Waals surface area contributed by atoms with Gasteiger partial charge in [0.05, 0.1) is 34.8 Å². The summed E-state index contributed by atoms with van der Waals surface area (Å²) in [5, 5.41) is 4.70. The van der Waals surface area contributed by atoms with Crippen molar-refractivity contribution < 1.29 is 0 Å². The van der Waals surface area contributed by atoms with Crippen molar-refractivity contribution in [3.8, 4) is 0 Å². The number of H-pyrrole nitrogens is 1. The molecule has 2 N–H and O–H groups in total. The van der Waals surface area contributed by atoms with Gasteiger partial charge in [-0.15, -0.1) is 0 Å². The van der Waals surface area contributed by atoms with Crippen molar-refractivity contribution in [2.75, 3.05) is 0 Å². The van der Waals surface area contributed by atoms with E-state index < -0.39 is 0 Å². The monoisotopic (exact) mass is 367 g/mol. The van der Waals surface area contributed by atoms with Gasteiger partial charge < -0.3 is 10.3 Å². The van der Waals surface area contributed by atoms with E-state index in [9.17, 15) is 4.79 Å². The number of nitrogens with one attached hydrogen (secondary N) is 2. The Labute approximate surface area is 154 Å². The molecule has 0 radical (unpaired) electrons. The number of aromatic nitrogens is 4. The van der Waals surface area contributed by atoms with Crippen molar-refractivity contribution in [3.05, 3.63) is 70.0 Å². The number of halogens is 1. The SMILES string of the molecule is CC(Cn1cnc2ccccc2c1=O)NCc1nc2ccc(Cl)cc2[nH]1. The van der Waals surface area contributed by atoms with Crippen LogP contribution in [0.4, 0.5) is 0 Å². The van der Waals surface area contributed by atoms with Gasteiger partial charge in [-0.3, -0.25) is 9.36 Å². The first-order valence-electron chi connectivity index (χ1n) is 8.42. The first-order valence-corrected chi connectivity index (χ1v) is 8.79. The predicted molar refractivity (Wildman–Crippen MR) is 103 cm³/mol. The minimum absolute atomic E-state index is 0.0253. The second-order valence-electron chi connectivity index (χ2n) is 6.35. The predicted octanol–water partition coefficient (Wildman–Crippen LogP) is 3.10. The molecule has 1 unspecified atom stereocenters. The van der Waals surface area contributed by atoms with Crippen molar-refractivity contribution in [1.82, 2.24) is 24.8 Å². The van der Waals surface area contributed by atoms with Crippen LogP contribution in [0.15, 0.2) is 53.6 Å². The number of rotatable bonds is 5. The summed E-state index contributed by atoms with van der Waals surface area (Å²) in [4.78, 5) is 24.7. The van der Waals surface area contributed by atoms with E-state index in [0.29, 0.717) is 23.5 Å². The molecule has 0 aliphatic rings. The van der Waals surface area contributed by atoms with Crippen LogP contribution in [0, 0.1) is 0 Å². The molecule has 2 aromatic carbocycles. The van der Waals surface area contributed by atoms with Gasteiger partial charge in [0, 0.05) is 17.6 Å². The zero-order valence-electron chi connectivity index (χ0n) is 14.2. The summed E-state index contributed by atoms with van der Waals surface area (Å²) < 4.78 is 1.64. The highest BCUT2D eigenvalue weighted by molar-refractivity contribution is 6.31. The van der Waals surface area contributed by atoms with Crippen LogP contribution in [0.2, 0.25) is 5.02 Å². The number of imidazole rings is 1. The van der Waals surface area contributed by atoms with Crippen molar-refractivity contribution in [2.24, 2.45) is 0 Å². The Kier molecular flexibility index (Phi) is 4.44. The average molecular weight is 368 g/mol. The van der Waals surface area contributed by atoms with Gasteiger partial charge in [0.1, 0.15) is 5.82 Å². The van der Waals surface area contributed by atoms with E-state index in [1.54, 1.807) is 17.0 Å². The number of fused-ring (bicyclic) bond motifs is 2. The summed E-state index contributed by atoms with van der Waals surface area (Å²) in [5.74, 6) is 0.832. The molecule has 0 fully saturated rings. The molecule has 2 aromatic heterocycles.